The third kappa shape index (κ3) is 3.87. The Bertz CT molecular complexity index is 301. The number of rotatable bonds is 6. The average Bonchev–Trinajstić information content (AvgIpc) is 2.21. The summed E-state index contributed by atoms with van der Waals surface area (Å²) in [6, 6.07) is -0.0336. The number of amides is 2. The third-order valence-corrected chi connectivity index (χ3v) is 3.19. The fraction of sp³-hybridized carbons (Fsp3) is 0.833. The van der Waals surface area contributed by atoms with E-state index in [0.29, 0.717) is 19.6 Å². The lowest BCUT2D eigenvalue weighted by molar-refractivity contribution is -0.146. The van der Waals surface area contributed by atoms with Crippen LogP contribution in [0.2, 0.25) is 0 Å². The predicted molar refractivity (Wildman–Crippen MR) is 68.5 cm³/mol. The van der Waals surface area contributed by atoms with Crippen molar-refractivity contribution < 1.29 is 14.7 Å². The van der Waals surface area contributed by atoms with Gasteiger partial charge in [-0.1, -0.05) is 0 Å². The van der Waals surface area contributed by atoms with Gasteiger partial charge in [0.05, 0.1) is 5.92 Å². The van der Waals surface area contributed by atoms with Crippen LogP contribution in [0.15, 0.2) is 0 Å². The lowest BCUT2D eigenvalue weighted by atomic mass is 10.0. The highest BCUT2D eigenvalue weighted by molar-refractivity contribution is 5.79. The molecule has 0 unspecified atom stereocenters. The molecule has 1 aliphatic heterocycles. The molecule has 0 aromatic rings. The lowest BCUT2D eigenvalue weighted by Crippen LogP contribution is -2.57. The van der Waals surface area contributed by atoms with Crippen molar-refractivity contribution in [3.8, 4) is 0 Å². The minimum absolute atomic E-state index is 0.0336. The summed E-state index contributed by atoms with van der Waals surface area (Å²) < 4.78 is 0. The zero-order chi connectivity index (χ0) is 13.7. The molecule has 104 valence electrons. The summed E-state index contributed by atoms with van der Waals surface area (Å²) in [5.74, 6) is -1.19. The summed E-state index contributed by atoms with van der Waals surface area (Å²) in [5.41, 5.74) is 0. The Morgan fingerprint density at radius 3 is 2.33 bits per heavy atom. The monoisotopic (exact) mass is 257 g/mol. The van der Waals surface area contributed by atoms with Gasteiger partial charge < -0.3 is 19.8 Å². The van der Waals surface area contributed by atoms with Crippen molar-refractivity contribution in [2.45, 2.75) is 13.3 Å². The van der Waals surface area contributed by atoms with Crippen molar-refractivity contribution in [3.63, 3.8) is 0 Å². The summed E-state index contributed by atoms with van der Waals surface area (Å²) in [7, 11) is 4.01. The minimum Gasteiger partial charge on any atom is -0.481 e. The fourth-order valence-corrected chi connectivity index (χ4v) is 1.96. The Hall–Kier alpha value is -1.30. The van der Waals surface area contributed by atoms with Gasteiger partial charge in [0.15, 0.2) is 0 Å². The molecule has 1 fully saturated rings. The highest BCUT2D eigenvalue weighted by atomic mass is 16.4. The van der Waals surface area contributed by atoms with E-state index in [9.17, 15) is 9.59 Å². The number of carbonyl (C=O) groups excluding carboxylic acids is 1. The number of aliphatic carboxylic acids is 1. The molecular weight excluding hydrogens is 234 g/mol. The van der Waals surface area contributed by atoms with Gasteiger partial charge in [0.25, 0.3) is 0 Å². The van der Waals surface area contributed by atoms with Crippen LogP contribution in [-0.4, -0.2) is 78.6 Å². The summed E-state index contributed by atoms with van der Waals surface area (Å²) in [6.07, 6.45) is 0.933. The van der Waals surface area contributed by atoms with E-state index in [1.165, 1.54) is 0 Å². The molecule has 0 bridgehead atoms. The second kappa shape index (κ2) is 6.58. The molecule has 0 spiro atoms. The molecule has 0 saturated carbocycles. The van der Waals surface area contributed by atoms with Crippen LogP contribution in [0.4, 0.5) is 4.79 Å². The maximum atomic E-state index is 12.0. The van der Waals surface area contributed by atoms with Gasteiger partial charge in [-0.15, -0.1) is 0 Å². The van der Waals surface area contributed by atoms with Crippen LogP contribution < -0.4 is 0 Å². The second-order valence-electron chi connectivity index (χ2n) is 4.96. The third-order valence-electron chi connectivity index (χ3n) is 3.19. The van der Waals surface area contributed by atoms with Crippen LogP contribution >= 0.6 is 0 Å². The second-order valence-corrected chi connectivity index (χ2v) is 4.96. The molecule has 18 heavy (non-hydrogen) atoms. The molecule has 0 atom stereocenters. The maximum absolute atomic E-state index is 12.0. The van der Waals surface area contributed by atoms with Crippen LogP contribution in [0.5, 0.6) is 0 Å². The molecule has 0 aliphatic carbocycles. The molecule has 1 rings (SSSR count). The smallest absolute Gasteiger partial charge is 0.320 e. The predicted octanol–water partition coefficient (Wildman–Crippen LogP) is 0.396. The molecule has 6 heteroatoms. The Morgan fingerprint density at radius 2 is 1.89 bits per heavy atom. The SMILES string of the molecule is CCN(CCCN(C)C)C(=O)N1CC(C(=O)O)C1. The topological polar surface area (TPSA) is 64.1 Å². The first kappa shape index (κ1) is 14.8. The molecule has 1 saturated heterocycles. The number of nitrogens with zero attached hydrogens (tertiary/aromatic N) is 3. The van der Waals surface area contributed by atoms with Crippen molar-refractivity contribution in [2.75, 3.05) is 46.8 Å². The van der Waals surface area contributed by atoms with Gasteiger partial charge in [-0.05, 0) is 34.0 Å². The van der Waals surface area contributed by atoms with Crippen molar-refractivity contribution in [2.24, 2.45) is 5.92 Å². The number of carboxylic acid groups (broad SMARTS) is 1. The summed E-state index contributed by atoms with van der Waals surface area (Å²) in [4.78, 5) is 28.2. The Labute approximate surface area is 108 Å². The minimum atomic E-state index is -0.810. The quantitative estimate of drug-likeness (QED) is 0.748. The van der Waals surface area contributed by atoms with Crippen molar-refractivity contribution in [3.05, 3.63) is 0 Å². The molecule has 1 heterocycles. The molecule has 0 radical (unpaired) electrons. The van der Waals surface area contributed by atoms with E-state index in [4.69, 9.17) is 5.11 Å². The molecule has 0 aromatic carbocycles. The van der Waals surface area contributed by atoms with Crippen LogP contribution in [0.3, 0.4) is 0 Å². The van der Waals surface area contributed by atoms with Gasteiger partial charge in [0, 0.05) is 26.2 Å². The number of hydrogen-bond donors (Lipinski definition) is 1. The first-order valence-electron chi connectivity index (χ1n) is 6.37. The Balaban J connectivity index is 2.32. The van der Waals surface area contributed by atoms with E-state index in [1.807, 2.05) is 21.0 Å². The van der Waals surface area contributed by atoms with E-state index in [2.05, 4.69) is 4.90 Å². The number of likely N-dealkylation sites (tertiary alicyclic amines) is 1. The van der Waals surface area contributed by atoms with Crippen molar-refractivity contribution in [1.29, 1.82) is 0 Å². The summed E-state index contributed by atoms with van der Waals surface area (Å²) in [6.45, 7) is 4.97. The molecular formula is C12H23N3O3. The standard InChI is InChI=1S/C12H23N3O3/c1-4-14(7-5-6-13(2)3)12(18)15-8-10(9-15)11(16)17/h10H,4-9H2,1-3H3,(H,16,17). The van der Waals surface area contributed by atoms with Crippen LogP contribution in [0, 0.1) is 5.92 Å². The van der Waals surface area contributed by atoms with Crippen molar-refractivity contribution >= 4 is 12.0 Å². The molecule has 6 nitrogen and oxygen atoms in total. The zero-order valence-corrected chi connectivity index (χ0v) is 11.4. The highest BCUT2D eigenvalue weighted by Crippen LogP contribution is 2.17. The van der Waals surface area contributed by atoms with Gasteiger partial charge in [-0.3, -0.25) is 4.79 Å². The first-order chi connectivity index (χ1) is 8.45. The number of carbonyl (C=O) groups is 2. The van der Waals surface area contributed by atoms with Gasteiger partial charge in [-0.2, -0.15) is 0 Å². The molecule has 1 N–H and O–H groups in total. The lowest BCUT2D eigenvalue weighted by Gasteiger charge is -2.39. The maximum Gasteiger partial charge on any atom is 0.320 e. The van der Waals surface area contributed by atoms with Crippen LogP contribution in [0.25, 0.3) is 0 Å². The van der Waals surface area contributed by atoms with Gasteiger partial charge in [0.2, 0.25) is 0 Å². The average molecular weight is 257 g/mol. The van der Waals surface area contributed by atoms with E-state index in [1.54, 1.807) is 9.80 Å². The molecule has 0 aromatic heterocycles. The summed E-state index contributed by atoms with van der Waals surface area (Å²) in [5, 5.41) is 8.77. The van der Waals surface area contributed by atoms with Crippen molar-refractivity contribution in [1.82, 2.24) is 14.7 Å². The normalized spacial score (nSPS) is 15.7. The van der Waals surface area contributed by atoms with E-state index in [0.717, 1.165) is 19.5 Å². The fourth-order valence-electron chi connectivity index (χ4n) is 1.96. The first-order valence-corrected chi connectivity index (χ1v) is 6.37. The Morgan fingerprint density at radius 1 is 1.28 bits per heavy atom. The van der Waals surface area contributed by atoms with Gasteiger partial charge in [0.1, 0.15) is 0 Å². The number of urea groups is 1. The molecule has 1 aliphatic rings. The van der Waals surface area contributed by atoms with Crippen LogP contribution in [0.1, 0.15) is 13.3 Å². The highest BCUT2D eigenvalue weighted by Gasteiger charge is 2.37. The van der Waals surface area contributed by atoms with E-state index >= 15 is 0 Å². The zero-order valence-electron chi connectivity index (χ0n) is 11.4. The largest absolute Gasteiger partial charge is 0.481 e. The van der Waals surface area contributed by atoms with E-state index in [-0.39, 0.29) is 11.9 Å². The van der Waals surface area contributed by atoms with Gasteiger partial charge in [-0.25, -0.2) is 4.79 Å². The number of hydrogen-bond acceptors (Lipinski definition) is 3. The van der Waals surface area contributed by atoms with Gasteiger partial charge >= 0.3 is 12.0 Å². The summed E-state index contributed by atoms with van der Waals surface area (Å²) >= 11 is 0. The van der Waals surface area contributed by atoms with Crippen LogP contribution in [-0.2, 0) is 4.79 Å². The number of carboxylic acids is 1. The van der Waals surface area contributed by atoms with E-state index < -0.39 is 5.97 Å². The Kier molecular flexibility index (Phi) is 5.40. The molecule has 2 amide bonds.